The summed E-state index contributed by atoms with van der Waals surface area (Å²) in [4.78, 5) is 10.9. The molecule has 0 aromatic rings. The first-order valence-corrected chi connectivity index (χ1v) is 4.64. The van der Waals surface area contributed by atoms with Crippen LogP contribution in [0.5, 0.6) is 0 Å². The Bertz CT molecular complexity index is 192. The minimum Gasteiger partial charge on any atom is -0.435 e. The van der Waals surface area contributed by atoms with Crippen molar-refractivity contribution < 1.29 is 14.3 Å². The van der Waals surface area contributed by atoms with Crippen LogP contribution in [0.4, 0.5) is 0 Å². The van der Waals surface area contributed by atoms with Crippen LogP contribution in [0.1, 0.15) is 32.6 Å². The van der Waals surface area contributed by atoms with Gasteiger partial charge in [0.05, 0.1) is 6.10 Å². The molecule has 0 aliphatic heterocycles. The number of carbonyl (C=O) groups is 1. The Labute approximate surface area is 78.7 Å². The van der Waals surface area contributed by atoms with Crippen LogP contribution in [-0.4, -0.2) is 18.9 Å². The van der Waals surface area contributed by atoms with Crippen molar-refractivity contribution in [1.82, 2.24) is 0 Å². The zero-order chi connectivity index (χ0) is 9.68. The van der Waals surface area contributed by atoms with Gasteiger partial charge in [-0.25, -0.2) is 4.79 Å². The molecule has 0 saturated heterocycles. The number of carbonyl (C=O) groups excluding carboxylic acids is 1. The van der Waals surface area contributed by atoms with E-state index in [-0.39, 0.29) is 18.9 Å². The van der Waals surface area contributed by atoms with Crippen LogP contribution in [0.25, 0.3) is 0 Å². The third-order valence-corrected chi connectivity index (χ3v) is 2.14. The summed E-state index contributed by atoms with van der Waals surface area (Å²) in [6, 6.07) is 0. The third-order valence-electron chi connectivity index (χ3n) is 2.14. The van der Waals surface area contributed by atoms with Crippen LogP contribution in [0.15, 0.2) is 12.2 Å². The van der Waals surface area contributed by atoms with Crippen molar-refractivity contribution in [3.05, 3.63) is 12.2 Å². The summed E-state index contributed by atoms with van der Waals surface area (Å²) in [6.45, 7) is 5.16. The van der Waals surface area contributed by atoms with Gasteiger partial charge in [0.25, 0.3) is 0 Å². The molecule has 1 rings (SSSR count). The molecule has 1 saturated carbocycles. The average Bonchev–Trinajstić information content (AvgIpc) is 2.56. The summed E-state index contributed by atoms with van der Waals surface area (Å²) >= 11 is 0. The molecule has 0 aromatic carbocycles. The maximum absolute atomic E-state index is 10.9. The highest BCUT2D eigenvalue weighted by Crippen LogP contribution is 2.20. The van der Waals surface area contributed by atoms with Crippen molar-refractivity contribution >= 4 is 5.97 Å². The highest BCUT2D eigenvalue weighted by atomic mass is 16.7. The molecule has 0 N–H and O–H groups in total. The van der Waals surface area contributed by atoms with Gasteiger partial charge in [-0.2, -0.15) is 0 Å². The number of esters is 1. The van der Waals surface area contributed by atoms with Gasteiger partial charge in [0.2, 0.25) is 0 Å². The normalized spacial score (nSPS) is 17.3. The Kier molecular flexibility index (Phi) is 3.96. The molecule has 74 valence electrons. The van der Waals surface area contributed by atoms with E-state index in [9.17, 15) is 4.79 Å². The van der Waals surface area contributed by atoms with Crippen molar-refractivity contribution in [2.75, 3.05) is 6.79 Å². The van der Waals surface area contributed by atoms with Gasteiger partial charge in [0, 0.05) is 5.57 Å². The molecule has 0 amide bonds. The lowest BCUT2D eigenvalue weighted by atomic mass is 10.3. The highest BCUT2D eigenvalue weighted by Gasteiger charge is 2.15. The number of hydrogen-bond donors (Lipinski definition) is 0. The van der Waals surface area contributed by atoms with Crippen LogP contribution in [-0.2, 0) is 14.3 Å². The maximum atomic E-state index is 10.9. The van der Waals surface area contributed by atoms with E-state index in [1.54, 1.807) is 6.92 Å². The fourth-order valence-corrected chi connectivity index (χ4v) is 1.36. The molecular weight excluding hydrogens is 168 g/mol. The Morgan fingerprint density at radius 3 is 2.62 bits per heavy atom. The molecule has 0 bridgehead atoms. The Balaban J connectivity index is 2.06. The van der Waals surface area contributed by atoms with Gasteiger partial charge < -0.3 is 9.47 Å². The van der Waals surface area contributed by atoms with Crippen molar-refractivity contribution in [2.45, 2.75) is 38.7 Å². The fraction of sp³-hybridized carbons (Fsp3) is 0.700. The van der Waals surface area contributed by atoms with E-state index < -0.39 is 0 Å². The van der Waals surface area contributed by atoms with E-state index in [1.165, 1.54) is 12.8 Å². The molecule has 0 heterocycles. The molecule has 13 heavy (non-hydrogen) atoms. The predicted octanol–water partition coefficient (Wildman–Crippen LogP) is 2.02. The van der Waals surface area contributed by atoms with Crippen molar-refractivity contribution in [2.24, 2.45) is 0 Å². The lowest BCUT2D eigenvalue weighted by Gasteiger charge is -2.10. The first-order valence-electron chi connectivity index (χ1n) is 4.64. The molecule has 3 nitrogen and oxygen atoms in total. The van der Waals surface area contributed by atoms with Crippen LogP contribution >= 0.6 is 0 Å². The second kappa shape index (κ2) is 5.02. The van der Waals surface area contributed by atoms with Gasteiger partial charge in [0.15, 0.2) is 6.79 Å². The topological polar surface area (TPSA) is 35.5 Å². The van der Waals surface area contributed by atoms with Crippen LogP contribution in [0, 0.1) is 0 Å². The molecular formula is C10H16O3. The van der Waals surface area contributed by atoms with Crippen LogP contribution < -0.4 is 0 Å². The molecule has 0 atom stereocenters. The molecule has 1 fully saturated rings. The number of rotatable bonds is 4. The van der Waals surface area contributed by atoms with E-state index in [0.29, 0.717) is 5.57 Å². The number of hydrogen-bond acceptors (Lipinski definition) is 3. The van der Waals surface area contributed by atoms with Crippen LogP contribution in [0.2, 0.25) is 0 Å². The second-order valence-electron chi connectivity index (χ2n) is 3.40. The summed E-state index contributed by atoms with van der Waals surface area (Å²) in [7, 11) is 0. The zero-order valence-corrected chi connectivity index (χ0v) is 8.04. The summed E-state index contributed by atoms with van der Waals surface area (Å²) in [5, 5.41) is 0. The molecule has 0 aromatic heterocycles. The minimum atomic E-state index is -0.377. The summed E-state index contributed by atoms with van der Waals surface area (Å²) < 4.78 is 10.1. The summed E-state index contributed by atoms with van der Waals surface area (Å²) in [5.41, 5.74) is 0.412. The monoisotopic (exact) mass is 184 g/mol. The quantitative estimate of drug-likeness (QED) is 0.381. The molecule has 3 heteroatoms. The summed E-state index contributed by atoms with van der Waals surface area (Å²) in [5.74, 6) is -0.377. The van der Waals surface area contributed by atoms with E-state index in [4.69, 9.17) is 9.47 Å². The first kappa shape index (κ1) is 10.3. The largest absolute Gasteiger partial charge is 0.435 e. The molecule has 0 radical (unpaired) electrons. The fourth-order valence-electron chi connectivity index (χ4n) is 1.36. The molecule has 0 unspecified atom stereocenters. The lowest BCUT2D eigenvalue weighted by Crippen LogP contribution is -2.14. The molecule has 1 aliphatic carbocycles. The standard InChI is InChI=1S/C10H16O3/c1-8(2)10(11)13-7-12-9-5-3-4-6-9/h9H,1,3-7H2,2H3. The average molecular weight is 184 g/mol. The first-order chi connectivity index (χ1) is 6.20. The van der Waals surface area contributed by atoms with Gasteiger partial charge >= 0.3 is 5.97 Å². The van der Waals surface area contributed by atoms with E-state index in [1.807, 2.05) is 0 Å². The Hall–Kier alpha value is -0.830. The van der Waals surface area contributed by atoms with Gasteiger partial charge in [-0.1, -0.05) is 19.4 Å². The Morgan fingerprint density at radius 2 is 2.08 bits per heavy atom. The van der Waals surface area contributed by atoms with Gasteiger partial charge in [0.1, 0.15) is 0 Å². The predicted molar refractivity (Wildman–Crippen MR) is 49.1 cm³/mol. The van der Waals surface area contributed by atoms with E-state index in [2.05, 4.69) is 6.58 Å². The Morgan fingerprint density at radius 1 is 1.46 bits per heavy atom. The van der Waals surface area contributed by atoms with Crippen molar-refractivity contribution in [3.63, 3.8) is 0 Å². The lowest BCUT2D eigenvalue weighted by molar-refractivity contribution is -0.155. The van der Waals surface area contributed by atoms with Crippen molar-refractivity contribution in [3.8, 4) is 0 Å². The summed E-state index contributed by atoms with van der Waals surface area (Å²) in [6.07, 6.45) is 4.91. The maximum Gasteiger partial charge on any atom is 0.335 e. The SMILES string of the molecule is C=C(C)C(=O)OCOC1CCCC1. The molecule has 1 aliphatic rings. The molecule has 0 spiro atoms. The van der Waals surface area contributed by atoms with Crippen molar-refractivity contribution in [1.29, 1.82) is 0 Å². The van der Waals surface area contributed by atoms with Gasteiger partial charge in [-0.15, -0.1) is 0 Å². The van der Waals surface area contributed by atoms with E-state index >= 15 is 0 Å². The zero-order valence-electron chi connectivity index (χ0n) is 8.04. The van der Waals surface area contributed by atoms with Crippen LogP contribution in [0.3, 0.4) is 0 Å². The van der Waals surface area contributed by atoms with Gasteiger partial charge in [-0.05, 0) is 19.8 Å². The smallest absolute Gasteiger partial charge is 0.335 e. The van der Waals surface area contributed by atoms with Gasteiger partial charge in [-0.3, -0.25) is 0 Å². The van der Waals surface area contributed by atoms with E-state index in [0.717, 1.165) is 12.8 Å². The number of ether oxygens (including phenoxy) is 2. The second-order valence-corrected chi connectivity index (χ2v) is 3.40. The minimum absolute atomic E-state index is 0.0658. The highest BCUT2D eigenvalue weighted by molar-refractivity contribution is 5.86. The third kappa shape index (κ3) is 3.59.